The SMILES string of the molecule is Nc1nc2cc(C(F)(C(F)(F)F)C(F)(F)F)ccc2[nH]1. The molecule has 0 aliphatic rings. The Labute approximate surface area is 106 Å². The second-order valence-electron chi connectivity index (χ2n) is 4.01. The van der Waals surface area contributed by atoms with E-state index in [4.69, 9.17) is 5.73 Å². The quantitative estimate of drug-likeness (QED) is 0.793. The highest BCUT2D eigenvalue weighted by Crippen LogP contribution is 2.53. The van der Waals surface area contributed by atoms with Crippen LogP contribution < -0.4 is 5.73 Å². The minimum absolute atomic E-state index is 0.0953. The molecule has 0 amide bonds. The summed E-state index contributed by atoms with van der Waals surface area (Å²) >= 11 is 0. The number of anilines is 1. The lowest BCUT2D eigenvalue weighted by Crippen LogP contribution is -2.50. The Hall–Kier alpha value is -2.00. The van der Waals surface area contributed by atoms with E-state index in [0.717, 1.165) is 6.07 Å². The minimum atomic E-state index is -6.15. The summed E-state index contributed by atoms with van der Waals surface area (Å²) in [4.78, 5) is 5.87. The van der Waals surface area contributed by atoms with Crippen molar-refractivity contribution in [1.82, 2.24) is 9.97 Å². The number of nitrogens with zero attached hydrogens (tertiary/aromatic N) is 1. The van der Waals surface area contributed by atoms with Gasteiger partial charge >= 0.3 is 18.0 Å². The molecule has 0 spiro atoms. The van der Waals surface area contributed by atoms with Crippen LogP contribution in [-0.4, -0.2) is 22.3 Å². The fraction of sp³-hybridized carbons (Fsp3) is 0.300. The summed E-state index contributed by atoms with van der Waals surface area (Å²) in [7, 11) is 0. The highest BCUT2D eigenvalue weighted by molar-refractivity contribution is 5.78. The van der Waals surface area contributed by atoms with E-state index in [1.54, 1.807) is 0 Å². The van der Waals surface area contributed by atoms with Crippen molar-refractivity contribution in [3.05, 3.63) is 23.8 Å². The largest absolute Gasteiger partial charge is 0.435 e. The molecular weight excluding hydrogens is 295 g/mol. The molecule has 2 aromatic rings. The number of H-pyrrole nitrogens is 1. The summed E-state index contributed by atoms with van der Waals surface area (Å²) in [6.45, 7) is 0. The third kappa shape index (κ3) is 1.95. The smallest absolute Gasteiger partial charge is 0.369 e. The van der Waals surface area contributed by atoms with Crippen molar-refractivity contribution in [1.29, 1.82) is 0 Å². The summed E-state index contributed by atoms with van der Waals surface area (Å²) in [5.41, 5.74) is -2.05. The number of nitrogens with one attached hydrogen (secondary N) is 1. The Kier molecular flexibility index (Phi) is 2.88. The van der Waals surface area contributed by atoms with Crippen LogP contribution in [0.3, 0.4) is 0 Å². The van der Waals surface area contributed by atoms with E-state index in [1.807, 2.05) is 0 Å². The third-order valence-corrected chi connectivity index (χ3v) is 2.68. The van der Waals surface area contributed by atoms with Gasteiger partial charge in [-0.05, 0) is 12.1 Å². The molecule has 1 heterocycles. The van der Waals surface area contributed by atoms with Crippen molar-refractivity contribution in [2.45, 2.75) is 18.0 Å². The second-order valence-corrected chi connectivity index (χ2v) is 4.01. The number of nitrogen functional groups attached to an aromatic ring is 1. The molecule has 0 aliphatic carbocycles. The molecule has 0 unspecified atom stereocenters. The first-order valence-corrected chi connectivity index (χ1v) is 5.05. The number of hydrogen-bond acceptors (Lipinski definition) is 2. The van der Waals surface area contributed by atoms with E-state index >= 15 is 0 Å². The molecule has 0 radical (unpaired) electrons. The van der Waals surface area contributed by atoms with Gasteiger partial charge in [0, 0.05) is 5.56 Å². The molecule has 1 aromatic carbocycles. The second kappa shape index (κ2) is 4.00. The summed E-state index contributed by atoms with van der Waals surface area (Å²) in [6.07, 6.45) is -12.3. The van der Waals surface area contributed by atoms with Gasteiger partial charge in [0.05, 0.1) is 11.0 Å². The minimum Gasteiger partial charge on any atom is -0.369 e. The average Bonchev–Trinajstić information content (AvgIpc) is 2.63. The van der Waals surface area contributed by atoms with Gasteiger partial charge in [0.2, 0.25) is 0 Å². The Morgan fingerprint density at radius 1 is 0.950 bits per heavy atom. The molecule has 0 atom stereocenters. The van der Waals surface area contributed by atoms with Crippen molar-refractivity contribution < 1.29 is 30.7 Å². The molecule has 0 bridgehead atoms. The first-order valence-electron chi connectivity index (χ1n) is 5.05. The van der Waals surface area contributed by atoms with Crippen LogP contribution in [0.2, 0.25) is 0 Å². The Bertz CT molecular complexity index is 626. The van der Waals surface area contributed by atoms with Crippen LogP contribution >= 0.6 is 0 Å². The van der Waals surface area contributed by atoms with Gasteiger partial charge in [0.15, 0.2) is 5.95 Å². The maximum Gasteiger partial charge on any atom is 0.435 e. The van der Waals surface area contributed by atoms with Crippen LogP contribution in [0.4, 0.5) is 36.7 Å². The number of nitrogens with two attached hydrogens (primary N) is 1. The van der Waals surface area contributed by atoms with Crippen molar-refractivity contribution in [3.63, 3.8) is 0 Å². The molecule has 1 aromatic heterocycles. The third-order valence-electron chi connectivity index (χ3n) is 2.68. The molecule has 0 aliphatic heterocycles. The molecule has 0 fully saturated rings. The van der Waals surface area contributed by atoms with Crippen LogP contribution in [0.1, 0.15) is 5.56 Å². The summed E-state index contributed by atoms with van der Waals surface area (Å²) < 4.78 is 89.0. The maximum absolute atomic E-state index is 13.8. The van der Waals surface area contributed by atoms with Gasteiger partial charge in [0.25, 0.3) is 0 Å². The molecule has 0 saturated heterocycles. The molecule has 3 nitrogen and oxygen atoms in total. The average molecular weight is 301 g/mol. The summed E-state index contributed by atoms with van der Waals surface area (Å²) in [5, 5.41) is 0. The number of halogens is 7. The molecule has 110 valence electrons. The highest BCUT2D eigenvalue weighted by Gasteiger charge is 2.73. The van der Waals surface area contributed by atoms with Gasteiger partial charge in [-0.15, -0.1) is 0 Å². The van der Waals surface area contributed by atoms with E-state index in [1.165, 1.54) is 0 Å². The van der Waals surface area contributed by atoms with Crippen LogP contribution in [0, 0.1) is 0 Å². The lowest BCUT2D eigenvalue weighted by atomic mass is 9.94. The van der Waals surface area contributed by atoms with Crippen molar-refractivity contribution in [2.24, 2.45) is 0 Å². The van der Waals surface area contributed by atoms with E-state index in [0.29, 0.717) is 12.1 Å². The number of alkyl halides is 7. The number of hydrogen-bond donors (Lipinski definition) is 2. The zero-order valence-corrected chi connectivity index (χ0v) is 9.40. The van der Waals surface area contributed by atoms with Crippen LogP contribution in [0.25, 0.3) is 11.0 Å². The van der Waals surface area contributed by atoms with Crippen LogP contribution in [-0.2, 0) is 5.67 Å². The molecule has 0 saturated carbocycles. The predicted octanol–water partition coefficient (Wildman–Crippen LogP) is 3.43. The Morgan fingerprint density at radius 3 is 2.00 bits per heavy atom. The topological polar surface area (TPSA) is 54.7 Å². The zero-order chi connectivity index (χ0) is 15.3. The fourth-order valence-corrected chi connectivity index (χ4v) is 1.73. The van der Waals surface area contributed by atoms with Gasteiger partial charge in [-0.2, -0.15) is 26.3 Å². The lowest BCUT2D eigenvalue weighted by Gasteiger charge is -2.30. The number of benzene rings is 1. The van der Waals surface area contributed by atoms with E-state index in [9.17, 15) is 30.7 Å². The first-order chi connectivity index (χ1) is 8.97. The maximum atomic E-state index is 13.8. The fourth-order valence-electron chi connectivity index (χ4n) is 1.73. The molecular formula is C10H6F7N3. The van der Waals surface area contributed by atoms with Gasteiger partial charge in [-0.1, -0.05) is 6.07 Å². The standard InChI is InChI=1S/C10H6F7N3/c11-8(9(12,13)14,10(15,16)17)4-1-2-5-6(3-4)20-7(18)19-5/h1-3H,(H3,18,19,20). The Balaban J connectivity index is 2.69. The Morgan fingerprint density at radius 2 is 1.50 bits per heavy atom. The predicted molar refractivity (Wildman–Crippen MR) is 55.4 cm³/mol. The van der Waals surface area contributed by atoms with E-state index in [-0.39, 0.29) is 17.0 Å². The lowest BCUT2D eigenvalue weighted by molar-refractivity contribution is -0.348. The van der Waals surface area contributed by atoms with Crippen molar-refractivity contribution >= 4 is 17.0 Å². The van der Waals surface area contributed by atoms with Gasteiger partial charge < -0.3 is 10.7 Å². The highest BCUT2D eigenvalue weighted by atomic mass is 19.4. The summed E-state index contributed by atoms with van der Waals surface area (Å²) in [6, 6.07) is 1.60. The van der Waals surface area contributed by atoms with E-state index < -0.39 is 23.6 Å². The number of imidazole rings is 1. The molecule has 2 rings (SSSR count). The number of fused-ring (bicyclic) bond motifs is 1. The van der Waals surface area contributed by atoms with Gasteiger partial charge in [-0.25, -0.2) is 9.37 Å². The van der Waals surface area contributed by atoms with E-state index in [2.05, 4.69) is 9.97 Å². The van der Waals surface area contributed by atoms with Crippen LogP contribution in [0.15, 0.2) is 18.2 Å². The number of aromatic amines is 1. The van der Waals surface area contributed by atoms with Crippen molar-refractivity contribution in [3.8, 4) is 0 Å². The summed E-state index contributed by atoms with van der Waals surface area (Å²) in [5.74, 6) is -0.208. The first kappa shape index (κ1) is 14.4. The zero-order valence-electron chi connectivity index (χ0n) is 9.40. The number of aromatic nitrogens is 2. The van der Waals surface area contributed by atoms with Gasteiger partial charge in [-0.3, -0.25) is 0 Å². The molecule has 3 N–H and O–H groups in total. The number of rotatable bonds is 1. The van der Waals surface area contributed by atoms with Crippen LogP contribution in [0.5, 0.6) is 0 Å². The molecule has 10 heteroatoms. The molecule has 20 heavy (non-hydrogen) atoms. The van der Waals surface area contributed by atoms with Gasteiger partial charge in [0.1, 0.15) is 0 Å². The van der Waals surface area contributed by atoms with Crippen molar-refractivity contribution in [2.75, 3.05) is 5.73 Å². The monoisotopic (exact) mass is 301 g/mol. The normalized spacial score (nSPS) is 13.9.